The molecular weight excluding hydrogens is 410 g/mol. The fourth-order valence-corrected chi connectivity index (χ4v) is 3.10. The van der Waals surface area contributed by atoms with E-state index < -0.39 is 6.10 Å². The number of carbonyl (C=O) groups excluding carboxylic acids is 1. The van der Waals surface area contributed by atoms with Crippen LogP contribution in [-0.4, -0.2) is 22.2 Å². The van der Waals surface area contributed by atoms with Crippen molar-refractivity contribution < 1.29 is 9.53 Å². The second kappa shape index (κ2) is 6.64. The molecule has 0 aliphatic rings. The van der Waals surface area contributed by atoms with Crippen LogP contribution in [0.4, 0.5) is 5.13 Å². The summed E-state index contributed by atoms with van der Waals surface area (Å²) in [5, 5.41) is 11.6. The number of ether oxygens (including phenoxy) is 1. The van der Waals surface area contributed by atoms with Crippen LogP contribution >= 0.6 is 43.2 Å². The Balaban J connectivity index is 2.00. The number of hydrogen-bond acceptors (Lipinski definition) is 5. The predicted octanol–water partition coefficient (Wildman–Crippen LogP) is 3.78. The fraction of sp³-hybridized carbons (Fsp3) is 0.250. The van der Waals surface area contributed by atoms with Crippen LogP contribution in [0.25, 0.3) is 0 Å². The fourth-order valence-electron chi connectivity index (χ4n) is 1.37. The van der Waals surface area contributed by atoms with Crippen molar-refractivity contribution in [1.29, 1.82) is 0 Å². The summed E-state index contributed by atoms with van der Waals surface area (Å²) in [4.78, 5) is 12.0. The molecule has 1 atom stereocenters. The summed E-state index contributed by atoms with van der Waals surface area (Å²) in [6.45, 7) is 3.50. The lowest BCUT2D eigenvalue weighted by atomic mass is 10.3. The molecular formula is C12H11Br2N3O2S. The zero-order valence-corrected chi connectivity index (χ0v) is 14.7. The molecule has 8 heteroatoms. The summed E-state index contributed by atoms with van der Waals surface area (Å²) >= 11 is 8.07. The molecule has 106 valence electrons. The molecule has 0 aliphatic carbocycles. The van der Waals surface area contributed by atoms with Gasteiger partial charge in [-0.1, -0.05) is 27.3 Å². The quantitative estimate of drug-likeness (QED) is 0.817. The number of nitrogens with one attached hydrogen (secondary N) is 1. The second-order valence-corrected chi connectivity index (χ2v) is 6.90. The first-order chi connectivity index (χ1) is 9.45. The third-order valence-corrected chi connectivity index (χ3v) is 4.19. The van der Waals surface area contributed by atoms with Crippen molar-refractivity contribution in [1.82, 2.24) is 10.2 Å². The van der Waals surface area contributed by atoms with Crippen molar-refractivity contribution >= 4 is 54.2 Å². The van der Waals surface area contributed by atoms with Crippen molar-refractivity contribution in [2.45, 2.75) is 20.0 Å². The highest BCUT2D eigenvalue weighted by Gasteiger charge is 2.17. The molecule has 20 heavy (non-hydrogen) atoms. The summed E-state index contributed by atoms with van der Waals surface area (Å²) in [6, 6.07) is 5.49. The largest absolute Gasteiger partial charge is 0.480 e. The predicted molar refractivity (Wildman–Crippen MR) is 85.2 cm³/mol. The molecule has 0 bridgehead atoms. The first-order valence-electron chi connectivity index (χ1n) is 5.68. The number of aromatic nitrogens is 2. The number of halogens is 2. The normalized spacial score (nSPS) is 12.0. The first-order valence-corrected chi connectivity index (χ1v) is 8.08. The van der Waals surface area contributed by atoms with Crippen LogP contribution in [-0.2, 0) is 4.79 Å². The van der Waals surface area contributed by atoms with Crippen LogP contribution < -0.4 is 10.1 Å². The van der Waals surface area contributed by atoms with Gasteiger partial charge in [-0.25, -0.2) is 0 Å². The minimum absolute atomic E-state index is 0.268. The highest BCUT2D eigenvalue weighted by Crippen LogP contribution is 2.29. The van der Waals surface area contributed by atoms with Crippen LogP contribution in [0.1, 0.15) is 11.9 Å². The number of anilines is 1. The molecule has 5 nitrogen and oxygen atoms in total. The third-order valence-electron chi connectivity index (χ3n) is 2.32. The van der Waals surface area contributed by atoms with Gasteiger partial charge in [-0.05, 0) is 48.0 Å². The van der Waals surface area contributed by atoms with Gasteiger partial charge in [0.05, 0.1) is 4.47 Å². The Morgan fingerprint density at radius 1 is 1.40 bits per heavy atom. The van der Waals surface area contributed by atoms with E-state index in [-0.39, 0.29) is 5.91 Å². The minimum atomic E-state index is -0.642. The van der Waals surface area contributed by atoms with Crippen LogP contribution in [0, 0.1) is 6.92 Å². The smallest absolute Gasteiger partial charge is 0.266 e. The van der Waals surface area contributed by atoms with E-state index in [9.17, 15) is 4.79 Å². The molecule has 0 fully saturated rings. The number of carbonyl (C=O) groups is 1. The number of nitrogens with zero attached hydrogens (tertiary/aromatic N) is 2. The van der Waals surface area contributed by atoms with E-state index in [4.69, 9.17) is 4.74 Å². The van der Waals surface area contributed by atoms with E-state index in [0.29, 0.717) is 10.9 Å². The lowest BCUT2D eigenvalue weighted by Gasteiger charge is -2.14. The number of benzene rings is 1. The van der Waals surface area contributed by atoms with Crippen molar-refractivity contribution in [3.8, 4) is 5.75 Å². The van der Waals surface area contributed by atoms with Crippen molar-refractivity contribution in [2.75, 3.05) is 5.32 Å². The maximum Gasteiger partial charge on any atom is 0.266 e. The Bertz CT molecular complexity index is 633. The van der Waals surface area contributed by atoms with E-state index >= 15 is 0 Å². The van der Waals surface area contributed by atoms with Gasteiger partial charge in [0.25, 0.3) is 5.91 Å². The Morgan fingerprint density at radius 3 is 2.75 bits per heavy atom. The van der Waals surface area contributed by atoms with Crippen molar-refractivity contribution in [3.63, 3.8) is 0 Å². The SMILES string of the molecule is Cc1nnc(NC(=O)[C@@H](C)Oc2ccc(Br)cc2Br)s1. The van der Waals surface area contributed by atoms with Gasteiger partial charge in [-0.15, -0.1) is 10.2 Å². The van der Waals surface area contributed by atoms with Gasteiger partial charge >= 0.3 is 0 Å². The standard InChI is InChI=1S/C12H11Br2N3O2S/c1-6(11(18)15-12-17-16-7(2)20-12)19-10-4-3-8(13)5-9(10)14/h3-6H,1-2H3,(H,15,17,18)/t6-/m1/s1. The molecule has 1 aromatic carbocycles. The average molecular weight is 421 g/mol. The van der Waals surface area contributed by atoms with Gasteiger partial charge in [0.15, 0.2) is 6.10 Å². The summed E-state index contributed by atoms with van der Waals surface area (Å²) in [7, 11) is 0. The van der Waals surface area contributed by atoms with Crippen LogP contribution in [0.3, 0.4) is 0 Å². The maximum atomic E-state index is 12.0. The molecule has 1 N–H and O–H groups in total. The summed E-state index contributed by atoms with van der Waals surface area (Å²) in [6.07, 6.45) is -0.642. The molecule has 0 saturated carbocycles. The van der Waals surface area contributed by atoms with E-state index in [2.05, 4.69) is 47.4 Å². The molecule has 0 radical (unpaired) electrons. The Morgan fingerprint density at radius 2 is 2.15 bits per heavy atom. The van der Waals surface area contributed by atoms with Gasteiger partial charge in [-0.2, -0.15) is 0 Å². The highest BCUT2D eigenvalue weighted by atomic mass is 79.9. The topological polar surface area (TPSA) is 64.1 Å². The van der Waals surface area contributed by atoms with E-state index in [1.807, 2.05) is 19.1 Å². The van der Waals surface area contributed by atoms with Gasteiger partial charge in [0.2, 0.25) is 5.13 Å². The van der Waals surface area contributed by atoms with Gasteiger partial charge in [-0.3, -0.25) is 10.1 Å². The molecule has 0 unspecified atom stereocenters. The van der Waals surface area contributed by atoms with Gasteiger partial charge in [0.1, 0.15) is 10.8 Å². The van der Waals surface area contributed by atoms with E-state index in [1.54, 1.807) is 13.0 Å². The summed E-state index contributed by atoms with van der Waals surface area (Å²) in [5.41, 5.74) is 0. The summed E-state index contributed by atoms with van der Waals surface area (Å²) in [5.74, 6) is 0.334. The minimum Gasteiger partial charge on any atom is -0.480 e. The number of rotatable bonds is 4. The monoisotopic (exact) mass is 419 g/mol. The lowest BCUT2D eigenvalue weighted by Crippen LogP contribution is -2.30. The molecule has 1 aromatic heterocycles. The Kier molecular flexibility index (Phi) is 5.11. The van der Waals surface area contributed by atoms with E-state index in [1.165, 1.54) is 11.3 Å². The van der Waals surface area contributed by atoms with E-state index in [0.717, 1.165) is 14.0 Å². The maximum absolute atomic E-state index is 12.0. The molecule has 0 saturated heterocycles. The average Bonchev–Trinajstić information content (AvgIpc) is 2.78. The number of aryl methyl sites for hydroxylation is 1. The Hall–Kier alpha value is -0.990. The zero-order chi connectivity index (χ0) is 14.7. The third kappa shape index (κ3) is 4.00. The molecule has 1 heterocycles. The van der Waals surface area contributed by atoms with Gasteiger partial charge < -0.3 is 4.74 Å². The molecule has 0 spiro atoms. The number of hydrogen-bond donors (Lipinski definition) is 1. The molecule has 0 aliphatic heterocycles. The first kappa shape index (κ1) is 15.4. The summed E-state index contributed by atoms with van der Waals surface area (Å²) < 4.78 is 7.32. The van der Waals surface area contributed by atoms with Crippen LogP contribution in [0.2, 0.25) is 0 Å². The highest BCUT2D eigenvalue weighted by molar-refractivity contribution is 9.11. The Labute approximate surface area is 137 Å². The second-order valence-electron chi connectivity index (χ2n) is 3.95. The van der Waals surface area contributed by atoms with Crippen LogP contribution in [0.5, 0.6) is 5.75 Å². The number of amides is 1. The molecule has 1 amide bonds. The molecule has 2 aromatic rings. The van der Waals surface area contributed by atoms with Gasteiger partial charge in [0, 0.05) is 4.47 Å². The lowest BCUT2D eigenvalue weighted by molar-refractivity contribution is -0.122. The van der Waals surface area contributed by atoms with Crippen LogP contribution in [0.15, 0.2) is 27.1 Å². The van der Waals surface area contributed by atoms with Crippen molar-refractivity contribution in [3.05, 3.63) is 32.2 Å². The molecule has 2 rings (SSSR count). The van der Waals surface area contributed by atoms with Crippen molar-refractivity contribution in [2.24, 2.45) is 0 Å². The zero-order valence-electron chi connectivity index (χ0n) is 10.7.